The SMILES string of the molecule is COc1cc(F)cc2c(C(=O)NC3C(C)[C@H](C)CC[C@H]3C(C)C)c(C)n(CCN3CCOCC3)c12. The molecule has 1 aliphatic heterocycles. The number of rotatable bonds is 7. The van der Waals surface area contributed by atoms with Gasteiger partial charge in [0, 0.05) is 49.4 Å². The fourth-order valence-corrected chi connectivity index (χ4v) is 6.18. The predicted octanol–water partition coefficient (Wildman–Crippen LogP) is 4.87. The molecule has 1 amide bonds. The van der Waals surface area contributed by atoms with Gasteiger partial charge in [-0.1, -0.05) is 34.1 Å². The van der Waals surface area contributed by atoms with Crippen LogP contribution in [-0.2, 0) is 11.3 Å². The van der Waals surface area contributed by atoms with Crippen LogP contribution in [0.4, 0.5) is 4.39 Å². The highest BCUT2D eigenvalue weighted by molar-refractivity contribution is 6.10. The largest absolute Gasteiger partial charge is 0.494 e. The second-order valence-corrected chi connectivity index (χ2v) is 10.9. The van der Waals surface area contributed by atoms with Crippen LogP contribution in [0.25, 0.3) is 10.9 Å². The number of halogens is 1. The second kappa shape index (κ2) is 10.9. The summed E-state index contributed by atoms with van der Waals surface area (Å²) in [6.07, 6.45) is 2.32. The lowest BCUT2D eigenvalue weighted by molar-refractivity contribution is 0.0365. The molecule has 0 spiro atoms. The van der Waals surface area contributed by atoms with Crippen molar-refractivity contribution in [2.24, 2.45) is 23.7 Å². The van der Waals surface area contributed by atoms with Gasteiger partial charge >= 0.3 is 0 Å². The molecule has 194 valence electrons. The zero-order valence-electron chi connectivity index (χ0n) is 22.2. The smallest absolute Gasteiger partial charge is 0.253 e. The summed E-state index contributed by atoms with van der Waals surface area (Å²) in [4.78, 5) is 16.2. The van der Waals surface area contributed by atoms with Crippen LogP contribution in [0.2, 0.25) is 0 Å². The molecule has 1 aliphatic carbocycles. The van der Waals surface area contributed by atoms with Crippen molar-refractivity contribution in [3.8, 4) is 5.75 Å². The molecule has 6 nitrogen and oxygen atoms in total. The van der Waals surface area contributed by atoms with Crippen molar-refractivity contribution in [1.82, 2.24) is 14.8 Å². The first-order valence-corrected chi connectivity index (χ1v) is 13.2. The highest BCUT2D eigenvalue weighted by atomic mass is 19.1. The number of amides is 1. The summed E-state index contributed by atoms with van der Waals surface area (Å²) in [5, 5.41) is 4.03. The zero-order chi connectivity index (χ0) is 25.3. The Morgan fingerprint density at radius 1 is 1.20 bits per heavy atom. The van der Waals surface area contributed by atoms with Crippen molar-refractivity contribution in [2.75, 3.05) is 40.0 Å². The first-order valence-electron chi connectivity index (χ1n) is 13.2. The van der Waals surface area contributed by atoms with E-state index in [1.54, 1.807) is 7.11 Å². The van der Waals surface area contributed by atoms with Crippen molar-refractivity contribution >= 4 is 16.8 Å². The maximum atomic E-state index is 14.6. The van der Waals surface area contributed by atoms with Gasteiger partial charge in [-0.2, -0.15) is 0 Å². The molecule has 4 atom stereocenters. The Bertz CT molecular complexity index is 1040. The molecule has 7 heteroatoms. The van der Waals surface area contributed by atoms with Gasteiger partial charge in [-0.25, -0.2) is 4.39 Å². The number of carbonyl (C=O) groups excluding carboxylic acids is 1. The molecule has 1 saturated carbocycles. The number of benzene rings is 1. The number of methoxy groups -OCH3 is 1. The van der Waals surface area contributed by atoms with Crippen LogP contribution >= 0.6 is 0 Å². The van der Waals surface area contributed by atoms with E-state index in [2.05, 4.69) is 42.5 Å². The normalized spacial score (nSPS) is 25.8. The third kappa shape index (κ3) is 5.21. The van der Waals surface area contributed by atoms with Gasteiger partial charge < -0.3 is 19.4 Å². The van der Waals surface area contributed by atoms with Gasteiger partial charge in [0.05, 0.1) is 31.4 Å². The number of aromatic nitrogens is 1. The number of morpholine rings is 1. The van der Waals surface area contributed by atoms with Crippen molar-refractivity contribution in [3.05, 3.63) is 29.2 Å². The van der Waals surface area contributed by atoms with E-state index in [0.29, 0.717) is 46.9 Å². The Balaban J connectivity index is 1.71. The third-order valence-electron chi connectivity index (χ3n) is 8.57. The quantitative estimate of drug-likeness (QED) is 0.606. The average molecular weight is 488 g/mol. The first kappa shape index (κ1) is 26.0. The third-order valence-corrected chi connectivity index (χ3v) is 8.57. The van der Waals surface area contributed by atoms with E-state index in [-0.39, 0.29) is 11.9 Å². The van der Waals surface area contributed by atoms with E-state index in [4.69, 9.17) is 9.47 Å². The summed E-state index contributed by atoms with van der Waals surface area (Å²) in [6, 6.07) is 3.00. The van der Waals surface area contributed by atoms with Crippen molar-refractivity contribution in [1.29, 1.82) is 0 Å². The Hall–Kier alpha value is -2.12. The van der Waals surface area contributed by atoms with Gasteiger partial charge in [0.15, 0.2) is 0 Å². The minimum atomic E-state index is -0.395. The van der Waals surface area contributed by atoms with Gasteiger partial charge in [0.2, 0.25) is 0 Å². The maximum Gasteiger partial charge on any atom is 0.253 e. The van der Waals surface area contributed by atoms with Crippen molar-refractivity contribution in [3.63, 3.8) is 0 Å². The molecule has 0 radical (unpaired) electrons. The predicted molar refractivity (Wildman–Crippen MR) is 138 cm³/mol. The van der Waals surface area contributed by atoms with Crippen molar-refractivity contribution in [2.45, 2.75) is 60.0 Å². The van der Waals surface area contributed by atoms with E-state index < -0.39 is 5.82 Å². The lowest BCUT2D eigenvalue weighted by atomic mass is 9.68. The molecule has 2 aromatic rings. The monoisotopic (exact) mass is 487 g/mol. The number of hydrogen-bond donors (Lipinski definition) is 1. The summed E-state index contributed by atoms with van der Waals surface area (Å²) in [5.74, 6) is 1.83. The minimum absolute atomic E-state index is 0.104. The van der Waals surface area contributed by atoms with Crippen molar-refractivity contribution < 1.29 is 18.7 Å². The summed E-state index contributed by atoms with van der Waals surface area (Å²) in [6.45, 7) is 15.8. The number of nitrogens with zero attached hydrogens (tertiary/aromatic N) is 2. The van der Waals surface area contributed by atoms with Crippen LogP contribution in [0.5, 0.6) is 5.75 Å². The number of nitrogens with one attached hydrogen (secondary N) is 1. The lowest BCUT2D eigenvalue weighted by Gasteiger charge is -2.42. The van der Waals surface area contributed by atoms with Gasteiger partial charge in [0.1, 0.15) is 11.6 Å². The van der Waals surface area contributed by atoms with Gasteiger partial charge in [0.25, 0.3) is 5.91 Å². The molecule has 2 aliphatic rings. The summed E-state index contributed by atoms with van der Waals surface area (Å²) < 4.78 is 27.8. The molecule has 1 aromatic carbocycles. The van der Waals surface area contributed by atoms with E-state index in [1.807, 2.05) is 6.92 Å². The molecule has 35 heavy (non-hydrogen) atoms. The van der Waals surface area contributed by atoms with E-state index in [1.165, 1.54) is 18.6 Å². The molecule has 0 bridgehead atoms. The molecular formula is C28H42FN3O3. The summed E-state index contributed by atoms with van der Waals surface area (Å²) in [7, 11) is 1.56. The number of hydrogen-bond acceptors (Lipinski definition) is 4. The Morgan fingerprint density at radius 2 is 1.91 bits per heavy atom. The number of carbonyl (C=O) groups is 1. The first-order chi connectivity index (χ1) is 16.7. The molecule has 1 aromatic heterocycles. The van der Waals surface area contributed by atoms with Gasteiger partial charge in [-0.15, -0.1) is 0 Å². The minimum Gasteiger partial charge on any atom is -0.494 e. The van der Waals surface area contributed by atoms with Gasteiger partial charge in [-0.05, 0) is 43.1 Å². The fraction of sp³-hybridized carbons (Fsp3) is 0.679. The summed E-state index contributed by atoms with van der Waals surface area (Å²) >= 11 is 0. The standard InChI is InChI=1S/C28H42FN3O3/c1-17(2)22-8-7-18(3)19(4)26(22)30-28(33)25-20(5)32(10-9-31-11-13-35-14-12-31)27-23(25)15-21(29)16-24(27)34-6/h15-19,22,26H,7-14H2,1-6H3,(H,30,33)/t18-,19?,22+,26?/m1/s1. The molecule has 1 saturated heterocycles. The van der Waals surface area contributed by atoms with Crippen LogP contribution in [0.1, 0.15) is 56.6 Å². The molecule has 2 fully saturated rings. The molecule has 2 heterocycles. The second-order valence-electron chi connectivity index (χ2n) is 10.9. The molecular weight excluding hydrogens is 445 g/mol. The Morgan fingerprint density at radius 3 is 2.57 bits per heavy atom. The van der Waals surface area contributed by atoms with E-state index >= 15 is 0 Å². The van der Waals surface area contributed by atoms with Gasteiger partial charge in [-0.3, -0.25) is 9.69 Å². The molecule has 4 rings (SSSR count). The van der Waals surface area contributed by atoms with Crippen LogP contribution in [0.15, 0.2) is 12.1 Å². The lowest BCUT2D eigenvalue weighted by Crippen LogP contribution is -2.50. The van der Waals surface area contributed by atoms with Crippen LogP contribution < -0.4 is 10.1 Å². The Kier molecular flexibility index (Phi) is 8.06. The van der Waals surface area contributed by atoms with Crippen LogP contribution in [-0.4, -0.2) is 61.4 Å². The average Bonchev–Trinajstić information content (AvgIpc) is 3.11. The van der Waals surface area contributed by atoms with Crippen LogP contribution in [0, 0.1) is 36.4 Å². The number of fused-ring (bicyclic) bond motifs is 1. The highest BCUT2D eigenvalue weighted by Crippen LogP contribution is 2.39. The highest BCUT2D eigenvalue weighted by Gasteiger charge is 2.38. The number of ether oxygens (including phenoxy) is 2. The van der Waals surface area contributed by atoms with E-state index in [9.17, 15) is 9.18 Å². The van der Waals surface area contributed by atoms with E-state index in [0.717, 1.165) is 50.5 Å². The fourth-order valence-electron chi connectivity index (χ4n) is 6.18. The maximum absolute atomic E-state index is 14.6. The Labute approximate surface area is 209 Å². The molecule has 1 N–H and O–H groups in total. The zero-order valence-corrected chi connectivity index (χ0v) is 22.2. The topological polar surface area (TPSA) is 55.7 Å². The summed E-state index contributed by atoms with van der Waals surface area (Å²) in [5.41, 5.74) is 2.20. The van der Waals surface area contributed by atoms with Crippen LogP contribution in [0.3, 0.4) is 0 Å². The molecule has 2 unspecified atom stereocenters.